The molecule has 2 aromatic heterocycles. The van der Waals surface area contributed by atoms with Crippen molar-refractivity contribution in [2.75, 3.05) is 18.8 Å². The highest BCUT2D eigenvalue weighted by Gasteiger charge is 2.28. The van der Waals surface area contributed by atoms with E-state index in [1.165, 1.54) is 36.7 Å². The van der Waals surface area contributed by atoms with Crippen molar-refractivity contribution in [3.8, 4) is 11.3 Å². The topological polar surface area (TPSA) is 189 Å². The van der Waals surface area contributed by atoms with Gasteiger partial charge in [-0.3, -0.25) is 14.4 Å². The Morgan fingerprint density at radius 2 is 1.39 bits per heavy atom. The number of carbonyl (C=O) groups excluding carboxylic acids is 3. The number of amides is 3. The van der Waals surface area contributed by atoms with E-state index in [0.29, 0.717) is 46.5 Å². The van der Waals surface area contributed by atoms with Crippen molar-refractivity contribution in [1.29, 1.82) is 0 Å². The van der Waals surface area contributed by atoms with Gasteiger partial charge in [0.05, 0.1) is 11.4 Å². The zero-order chi connectivity index (χ0) is 42.2. The molecule has 0 bridgehead atoms. The minimum atomic E-state index is -1.62. The first kappa shape index (κ1) is 41.7. The van der Waals surface area contributed by atoms with Crippen molar-refractivity contribution in [3.05, 3.63) is 149 Å². The maximum Gasteiger partial charge on any atom is 0.488 e. The highest BCUT2D eigenvalue weighted by Crippen LogP contribution is 2.34. The molecule has 6 aromatic rings. The lowest BCUT2D eigenvalue weighted by Crippen LogP contribution is -2.40. The van der Waals surface area contributed by atoms with Gasteiger partial charge in [0.25, 0.3) is 11.8 Å². The molecule has 0 unspecified atom stereocenters. The predicted molar refractivity (Wildman–Crippen MR) is 212 cm³/mol. The number of halogens is 4. The van der Waals surface area contributed by atoms with Crippen molar-refractivity contribution in [2.45, 2.75) is 32.0 Å². The summed E-state index contributed by atoms with van der Waals surface area (Å²) >= 11 is 0. The van der Waals surface area contributed by atoms with Crippen LogP contribution in [-0.4, -0.2) is 72.6 Å². The number of hydrogen-bond donors (Lipinski definition) is 5. The maximum atomic E-state index is 14.0. The molecule has 3 amide bonds. The van der Waals surface area contributed by atoms with E-state index in [0.717, 1.165) is 37.1 Å². The minimum Gasteiger partial charge on any atom is -0.423 e. The molecular formula is C41H37BF4N8O5. The molecule has 59 heavy (non-hydrogen) atoms. The van der Waals surface area contributed by atoms with Gasteiger partial charge >= 0.3 is 7.12 Å². The van der Waals surface area contributed by atoms with E-state index < -0.39 is 53.3 Å². The van der Waals surface area contributed by atoms with Gasteiger partial charge < -0.3 is 31.3 Å². The number of nitrogens with one attached hydrogen (secondary N) is 2. The zero-order valence-electron chi connectivity index (χ0n) is 31.3. The second kappa shape index (κ2) is 18.6. The minimum absolute atomic E-state index is 0.00711. The summed E-state index contributed by atoms with van der Waals surface area (Å²) in [5, 5.41) is 28.5. The van der Waals surface area contributed by atoms with Crippen LogP contribution in [0.1, 0.15) is 50.7 Å². The van der Waals surface area contributed by atoms with E-state index in [1.807, 2.05) is 12.1 Å². The monoisotopic (exact) mass is 808 g/mol. The third-order valence-corrected chi connectivity index (χ3v) is 9.48. The number of piperidine rings is 1. The Kier molecular flexibility index (Phi) is 13.1. The van der Waals surface area contributed by atoms with Crippen LogP contribution >= 0.6 is 0 Å². The highest BCUT2D eigenvalue weighted by molar-refractivity contribution is 6.58. The quantitative estimate of drug-likeness (QED) is 0.0768. The number of nitrogens with zero attached hydrogens (tertiary/aromatic N) is 5. The number of hydrogen-bond acceptors (Lipinski definition) is 9. The Bertz CT molecular complexity index is 2500. The summed E-state index contributed by atoms with van der Waals surface area (Å²) in [5.74, 6) is -5.33. The van der Waals surface area contributed by atoms with Crippen molar-refractivity contribution >= 4 is 47.2 Å². The van der Waals surface area contributed by atoms with Gasteiger partial charge in [0.1, 0.15) is 52.2 Å². The molecule has 0 spiro atoms. The maximum absolute atomic E-state index is 14.0. The van der Waals surface area contributed by atoms with Crippen LogP contribution in [0.5, 0.6) is 0 Å². The normalized spacial score (nSPS) is 13.6. The van der Waals surface area contributed by atoms with Crippen LogP contribution in [0.4, 0.5) is 23.4 Å². The molecular weight excluding hydrogens is 771 g/mol. The van der Waals surface area contributed by atoms with E-state index in [2.05, 4.69) is 27.2 Å². The SMILES string of the molecule is C=CC(=O)N1CCC[C@@H](n2nc(-c3cccc(CNC(=O)c4c(F)cccc4F)c3)c3c(N)ncnc32)C1.O=C(NCc1cccc(B(O)O)c1)c1c(F)cccc1F. The van der Waals surface area contributed by atoms with E-state index in [4.69, 9.17) is 20.9 Å². The molecule has 0 aliphatic carbocycles. The molecule has 3 heterocycles. The van der Waals surface area contributed by atoms with Crippen molar-refractivity contribution in [2.24, 2.45) is 0 Å². The van der Waals surface area contributed by atoms with Gasteiger partial charge in [-0.1, -0.05) is 61.2 Å². The Balaban J connectivity index is 0.000000236. The summed E-state index contributed by atoms with van der Waals surface area (Å²) in [4.78, 5) is 46.8. The smallest absolute Gasteiger partial charge is 0.423 e. The lowest BCUT2D eigenvalue weighted by atomic mass is 9.79. The molecule has 1 atom stereocenters. The Morgan fingerprint density at radius 1 is 0.831 bits per heavy atom. The van der Waals surface area contributed by atoms with Crippen molar-refractivity contribution in [3.63, 3.8) is 0 Å². The Labute approximate surface area is 335 Å². The van der Waals surface area contributed by atoms with Crippen LogP contribution in [0.3, 0.4) is 0 Å². The fourth-order valence-electron chi connectivity index (χ4n) is 6.60. The molecule has 18 heteroatoms. The molecule has 0 radical (unpaired) electrons. The number of likely N-dealkylation sites (tertiary alicyclic amines) is 1. The number of aromatic nitrogens is 4. The van der Waals surface area contributed by atoms with Gasteiger partial charge in [0.15, 0.2) is 5.65 Å². The molecule has 302 valence electrons. The van der Waals surface area contributed by atoms with Crippen LogP contribution in [0.25, 0.3) is 22.3 Å². The van der Waals surface area contributed by atoms with E-state index >= 15 is 0 Å². The first-order valence-electron chi connectivity index (χ1n) is 18.2. The van der Waals surface area contributed by atoms with Crippen LogP contribution < -0.4 is 21.8 Å². The lowest BCUT2D eigenvalue weighted by Gasteiger charge is -2.32. The summed E-state index contributed by atoms with van der Waals surface area (Å²) < 4.78 is 56.6. The summed E-state index contributed by atoms with van der Waals surface area (Å²) in [6.45, 7) is 4.74. The van der Waals surface area contributed by atoms with Crippen LogP contribution in [0, 0.1) is 23.3 Å². The van der Waals surface area contributed by atoms with Gasteiger partial charge in [-0.05, 0) is 65.8 Å². The molecule has 1 aliphatic rings. The summed E-state index contributed by atoms with van der Waals surface area (Å²) in [5.41, 5.74) is 8.32. The average molecular weight is 809 g/mol. The summed E-state index contributed by atoms with van der Waals surface area (Å²) in [6.07, 6.45) is 4.29. The molecule has 1 saturated heterocycles. The van der Waals surface area contributed by atoms with Gasteiger partial charge in [-0.25, -0.2) is 32.2 Å². The number of rotatable bonds is 10. The molecule has 1 aliphatic heterocycles. The van der Waals surface area contributed by atoms with Gasteiger partial charge in [0.2, 0.25) is 5.91 Å². The van der Waals surface area contributed by atoms with Crippen LogP contribution in [-0.2, 0) is 17.9 Å². The highest BCUT2D eigenvalue weighted by atomic mass is 19.1. The lowest BCUT2D eigenvalue weighted by molar-refractivity contribution is -0.127. The Hall–Kier alpha value is -6.92. The Morgan fingerprint density at radius 3 is 1.97 bits per heavy atom. The fourth-order valence-corrected chi connectivity index (χ4v) is 6.60. The van der Waals surface area contributed by atoms with Crippen molar-refractivity contribution in [1.82, 2.24) is 35.3 Å². The third-order valence-electron chi connectivity index (χ3n) is 9.48. The number of nitrogens with two attached hydrogens (primary N) is 1. The van der Waals surface area contributed by atoms with E-state index in [1.54, 1.807) is 33.8 Å². The zero-order valence-corrected chi connectivity index (χ0v) is 31.3. The van der Waals surface area contributed by atoms with Gasteiger partial charge in [-0.15, -0.1) is 0 Å². The molecule has 0 saturated carbocycles. The second-order valence-electron chi connectivity index (χ2n) is 13.4. The van der Waals surface area contributed by atoms with Crippen LogP contribution in [0.2, 0.25) is 0 Å². The predicted octanol–water partition coefficient (Wildman–Crippen LogP) is 4.21. The second-order valence-corrected chi connectivity index (χ2v) is 13.4. The fraction of sp³-hybridized carbons (Fsp3) is 0.171. The molecule has 13 nitrogen and oxygen atoms in total. The standard InChI is InChI=1S/C27H25F2N7O2.C14H12BF2NO3/c1-2-21(37)35-11-5-8-18(14-35)36-26-23(25(30)32-15-33-26)24(34-36)17-7-3-6-16(12-17)13-31-27(38)22-19(28)9-4-10-20(22)29;16-11-5-2-6-12(17)13(11)14(19)18-8-9-3-1-4-10(7-9)15(20)21/h2-4,6-7,9-10,12,15,18H,1,5,8,11,13-14H2,(H,31,38)(H2,30,32,33);1-7,20-21H,8H2,(H,18,19)/t18-;/m1./s1. The van der Waals surface area contributed by atoms with Crippen LogP contribution in [0.15, 0.2) is 104 Å². The average Bonchev–Trinajstić information content (AvgIpc) is 3.63. The number of benzene rings is 4. The number of nitrogen functional groups attached to an aromatic ring is 1. The molecule has 4 aromatic carbocycles. The van der Waals surface area contributed by atoms with Gasteiger partial charge in [-0.2, -0.15) is 5.10 Å². The first-order chi connectivity index (χ1) is 28.4. The molecule has 6 N–H and O–H groups in total. The molecule has 7 rings (SSSR count). The molecule has 1 fully saturated rings. The van der Waals surface area contributed by atoms with Gasteiger partial charge in [0, 0.05) is 31.7 Å². The van der Waals surface area contributed by atoms with E-state index in [9.17, 15) is 31.9 Å². The third kappa shape index (κ3) is 9.62. The number of fused-ring (bicyclic) bond motifs is 1. The number of anilines is 1. The summed E-state index contributed by atoms with van der Waals surface area (Å²) in [7, 11) is -1.62. The summed E-state index contributed by atoms with van der Waals surface area (Å²) in [6, 6.07) is 19.8. The largest absolute Gasteiger partial charge is 0.488 e. The van der Waals surface area contributed by atoms with Crippen molar-refractivity contribution < 1.29 is 42.0 Å². The van der Waals surface area contributed by atoms with E-state index in [-0.39, 0.29) is 36.3 Å². The first-order valence-corrected chi connectivity index (χ1v) is 18.2. The number of carbonyl (C=O) groups is 3.